The maximum atomic E-state index is 9.21. The quantitative estimate of drug-likeness (QED) is 0.247. The van der Waals surface area contributed by atoms with Crippen molar-refractivity contribution in [3.8, 4) is 0 Å². The highest BCUT2D eigenvalue weighted by Gasteiger charge is 2.53. The summed E-state index contributed by atoms with van der Waals surface area (Å²) in [5.41, 5.74) is 5.03. The molecule has 0 aromatic carbocycles. The van der Waals surface area contributed by atoms with Crippen molar-refractivity contribution in [2.24, 2.45) is 5.73 Å². The smallest absolute Gasteiger partial charge is 0.252 e. The van der Waals surface area contributed by atoms with E-state index in [1.54, 1.807) is 0 Å². The lowest BCUT2D eigenvalue weighted by Crippen LogP contribution is -2.50. The van der Waals surface area contributed by atoms with Gasteiger partial charge in [0.05, 0.1) is 6.61 Å². The van der Waals surface area contributed by atoms with Crippen molar-refractivity contribution >= 4 is 0 Å². The fourth-order valence-electron chi connectivity index (χ4n) is 1.19. The van der Waals surface area contributed by atoms with Gasteiger partial charge in [0.15, 0.2) is 6.10 Å². The van der Waals surface area contributed by atoms with Crippen molar-refractivity contribution in [2.75, 3.05) is 6.61 Å². The molecule has 0 aliphatic carbocycles. The molecule has 1 aliphatic heterocycles. The molecule has 78 valence electrons. The predicted octanol–water partition coefficient (Wildman–Crippen LogP) is -3.94. The summed E-state index contributed by atoms with van der Waals surface area (Å²) < 4.78 is 4.55. The lowest BCUT2D eigenvalue weighted by atomic mass is 10.1. The first-order valence-electron chi connectivity index (χ1n) is 3.74. The highest BCUT2D eigenvalue weighted by Crippen LogP contribution is 2.26. The van der Waals surface area contributed by atoms with Crippen LogP contribution in [0.15, 0.2) is 0 Å². The maximum Gasteiger partial charge on any atom is 0.252 e. The third kappa shape index (κ3) is 1.81. The molecular weight excluding hydrogens is 182 g/mol. The van der Waals surface area contributed by atoms with Crippen LogP contribution in [0.2, 0.25) is 0 Å². The van der Waals surface area contributed by atoms with Crippen LogP contribution >= 0.6 is 0 Å². The second kappa shape index (κ2) is 3.46. The van der Waals surface area contributed by atoms with Gasteiger partial charge in [-0.3, -0.25) is 5.73 Å². The van der Waals surface area contributed by atoms with Gasteiger partial charge >= 0.3 is 0 Å². The number of rotatable bonds is 2. The third-order valence-electron chi connectivity index (χ3n) is 1.98. The molecule has 1 fully saturated rings. The first-order chi connectivity index (χ1) is 5.90. The van der Waals surface area contributed by atoms with Crippen LogP contribution < -0.4 is 5.73 Å². The fraction of sp³-hybridized carbons (Fsp3) is 1.00. The molecule has 0 aromatic rings. The average molecular weight is 195 g/mol. The zero-order valence-corrected chi connectivity index (χ0v) is 6.74. The molecule has 7 nitrogen and oxygen atoms in total. The van der Waals surface area contributed by atoms with Gasteiger partial charge in [0.1, 0.15) is 18.3 Å². The number of aliphatic hydroxyl groups excluding tert-OH is 4. The van der Waals surface area contributed by atoms with Gasteiger partial charge < -0.3 is 30.3 Å². The monoisotopic (exact) mass is 195 g/mol. The minimum atomic E-state index is -2.39. The Labute approximate surface area is 74.0 Å². The molecule has 0 aromatic heterocycles. The van der Waals surface area contributed by atoms with E-state index in [0.29, 0.717) is 0 Å². The summed E-state index contributed by atoms with van der Waals surface area (Å²) in [4.78, 5) is 0. The first-order valence-corrected chi connectivity index (χ1v) is 3.74. The molecule has 1 rings (SSSR count). The number of ether oxygens (including phenoxy) is 1. The van der Waals surface area contributed by atoms with Crippen molar-refractivity contribution in [2.45, 2.75) is 30.3 Å². The van der Waals surface area contributed by atoms with Crippen LogP contribution in [0, 0.1) is 0 Å². The Morgan fingerprint density at radius 1 is 1.46 bits per heavy atom. The van der Waals surface area contributed by atoms with Gasteiger partial charge in [0, 0.05) is 0 Å². The lowest BCUT2D eigenvalue weighted by molar-refractivity contribution is -0.234. The van der Waals surface area contributed by atoms with E-state index in [2.05, 4.69) is 4.74 Å². The van der Waals surface area contributed by atoms with Gasteiger partial charge in [0.25, 0.3) is 5.91 Å². The summed E-state index contributed by atoms with van der Waals surface area (Å²) in [6.07, 6.45) is -5.94. The molecule has 1 saturated heterocycles. The van der Waals surface area contributed by atoms with Crippen LogP contribution in [0.3, 0.4) is 0 Å². The third-order valence-corrected chi connectivity index (χ3v) is 1.98. The summed E-state index contributed by atoms with van der Waals surface area (Å²) in [5, 5.41) is 45.0. The molecule has 0 spiro atoms. The molecule has 1 heterocycles. The largest absolute Gasteiger partial charge is 0.394 e. The van der Waals surface area contributed by atoms with Gasteiger partial charge in [-0.1, -0.05) is 0 Å². The Morgan fingerprint density at radius 2 is 2.00 bits per heavy atom. The topological polar surface area (TPSA) is 136 Å². The second-order valence-corrected chi connectivity index (χ2v) is 3.02. The molecule has 0 saturated carbocycles. The van der Waals surface area contributed by atoms with Crippen molar-refractivity contribution in [1.82, 2.24) is 0 Å². The molecule has 13 heavy (non-hydrogen) atoms. The summed E-state index contributed by atoms with van der Waals surface area (Å²) >= 11 is 0. The molecule has 0 radical (unpaired) electrons. The molecule has 1 unspecified atom stereocenters. The summed E-state index contributed by atoms with van der Waals surface area (Å²) in [6, 6.07) is 0. The van der Waals surface area contributed by atoms with E-state index in [0.717, 1.165) is 0 Å². The van der Waals surface area contributed by atoms with E-state index in [9.17, 15) is 5.11 Å². The summed E-state index contributed by atoms with van der Waals surface area (Å²) in [5.74, 6) is -2.39. The summed E-state index contributed by atoms with van der Waals surface area (Å²) in [6.45, 7) is -0.662. The normalized spacial score (nSPS) is 48.0. The molecule has 1 aliphatic rings. The molecular formula is C6H13NO6. The van der Waals surface area contributed by atoms with E-state index in [-0.39, 0.29) is 0 Å². The zero-order valence-electron chi connectivity index (χ0n) is 6.74. The highest BCUT2D eigenvalue weighted by atomic mass is 16.7. The fourth-order valence-corrected chi connectivity index (χ4v) is 1.19. The van der Waals surface area contributed by atoms with Crippen LogP contribution in [-0.2, 0) is 4.74 Å². The second-order valence-electron chi connectivity index (χ2n) is 3.02. The minimum absolute atomic E-state index is 0.662. The van der Waals surface area contributed by atoms with Crippen LogP contribution in [0.4, 0.5) is 0 Å². The van der Waals surface area contributed by atoms with E-state index in [4.69, 9.17) is 26.2 Å². The number of hydrogen-bond acceptors (Lipinski definition) is 7. The van der Waals surface area contributed by atoms with Crippen molar-refractivity contribution in [3.63, 3.8) is 0 Å². The summed E-state index contributed by atoms with van der Waals surface area (Å²) in [7, 11) is 0. The van der Waals surface area contributed by atoms with Crippen molar-refractivity contribution in [1.29, 1.82) is 0 Å². The molecule has 7 heteroatoms. The minimum Gasteiger partial charge on any atom is -0.394 e. The van der Waals surface area contributed by atoms with Crippen LogP contribution in [0.25, 0.3) is 0 Å². The predicted molar refractivity (Wildman–Crippen MR) is 39.1 cm³/mol. The Morgan fingerprint density at radius 3 is 2.31 bits per heavy atom. The van der Waals surface area contributed by atoms with Gasteiger partial charge in [-0.2, -0.15) is 0 Å². The van der Waals surface area contributed by atoms with E-state index in [1.165, 1.54) is 0 Å². The Hall–Kier alpha value is -0.280. The van der Waals surface area contributed by atoms with Crippen LogP contribution in [0.1, 0.15) is 0 Å². The molecule has 0 amide bonds. The van der Waals surface area contributed by atoms with Crippen LogP contribution in [-0.4, -0.2) is 62.5 Å². The molecule has 7 N–H and O–H groups in total. The van der Waals surface area contributed by atoms with Gasteiger partial charge in [-0.25, -0.2) is 0 Å². The van der Waals surface area contributed by atoms with Gasteiger partial charge in [-0.05, 0) is 0 Å². The Balaban J connectivity index is 2.72. The number of nitrogens with two attached hydrogens (primary N) is 1. The SMILES string of the molecule is NC1(O)O[C@H]([C@H](O)CO)[C@H](O)[C@H]1O. The Kier molecular flexibility index (Phi) is 2.88. The number of aliphatic hydroxyl groups is 5. The Bertz CT molecular complexity index is 186. The zero-order chi connectivity index (χ0) is 10.2. The molecule has 5 atom stereocenters. The first kappa shape index (κ1) is 10.8. The lowest BCUT2D eigenvalue weighted by Gasteiger charge is -2.20. The highest BCUT2D eigenvalue weighted by molar-refractivity contribution is 4.95. The van der Waals surface area contributed by atoms with E-state index in [1.807, 2.05) is 0 Å². The average Bonchev–Trinajstić information content (AvgIpc) is 2.28. The van der Waals surface area contributed by atoms with Gasteiger partial charge in [0.2, 0.25) is 0 Å². The van der Waals surface area contributed by atoms with Gasteiger partial charge in [-0.15, -0.1) is 0 Å². The van der Waals surface area contributed by atoms with Crippen LogP contribution in [0.5, 0.6) is 0 Å². The van der Waals surface area contributed by atoms with Crippen molar-refractivity contribution < 1.29 is 30.3 Å². The number of hydrogen-bond donors (Lipinski definition) is 6. The maximum absolute atomic E-state index is 9.21. The van der Waals surface area contributed by atoms with E-state index < -0.39 is 36.9 Å². The molecule has 0 bridgehead atoms. The standard InChI is InChI=1S/C6H13NO6/c7-6(12)5(11)3(10)4(13-6)2(9)1-8/h2-5,8-12H,1,7H2/t2-,3+,4-,5-,6?/m1/s1. The van der Waals surface area contributed by atoms with E-state index >= 15 is 0 Å². The van der Waals surface area contributed by atoms with Crippen molar-refractivity contribution in [3.05, 3.63) is 0 Å².